The predicted octanol–water partition coefficient (Wildman–Crippen LogP) is 7.18. The van der Waals surface area contributed by atoms with Crippen molar-refractivity contribution >= 4 is 29.0 Å². The lowest BCUT2D eigenvalue weighted by molar-refractivity contribution is -0.143. The summed E-state index contributed by atoms with van der Waals surface area (Å²) in [5, 5.41) is 7.37. The molecular weight excluding hydrogens is 526 g/mol. The van der Waals surface area contributed by atoms with Crippen molar-refractivity contribution in [3.05, 3.63) is 71.5 Å². The zero-order chi connectivity index (χ0) is 28.6. The summed E-state index contributed by atoms with van der Waals surface area (Å²) in [5.74, 6) is 0.293. The lowest BCUT2D eigenvalue weighted by atomic mass is 10.1. The van der Waals surface area contributed by atoms with Gasteiger partial charge in [-0.3, -0.25) is 5.32 Å². The van der Waals surface area contributed by atoms with Crippen LogP contribution in [0, 0.1) is 0 Å². The molecule has 0 radical (unpaired) electrons. The van der Waals surface area contributed by atoms with Crippen LogP contribution >= 0.6 is 0 Å². The number of halogens is 6. The lowest BCUT2D eigenvalue weighted by Gasteiger charge is -2.15. The Kier molecular flexibility index (Phi) is 9.73. The van der Waals surface area contributed by atoms with Crippen LogP contribution in [0.1, 0.15) is 36.5 Å². The molecule has 3 rings (SSSR count). The van der Waals surface area contributed by atoms with Gasteiger partial charge < -0.3 is 15.5 Å². The number of carbonyl (C=O) groups excluding carboxylic acids is 1. The van der Waals surface area contributed by atoms with E-state index in [2.05, 4.69) is 39.5 Å². The summed E-state index contributed by atoms with van der Waals surface area (Å²) in [7, 11) is 2.09. The van der Waals surface area contributed by atoms with Crippen molar-refractivity contribution in [1.29, 1.82) is 0 Å². The molecule has 0 saturated carbocycles. The number of nitrogens with one attached hydrogen (secondary N) is 3. The van der Waals surface area contributed by atoms with E-state index in [1.54, 1.807) is 0 Å². The fourth-order valence-electron chi connectivity index (χ4n) is 3.80. The molecule has 0 fully saturated rings. The summed E-state index contributed by atoms with van der Waals surface area (Å²) in [4.78, 5) is 22.6. The van der Waals surface area contributed by atoms with E-state index in [0.29, 0.717) is 18.0 Å². The van der Waals surface area contributed by atoms with Crippen molar-refractivity contribution in [3.8, 4) is 0 Å². The number of benzene rings is 2. The molecule has 2 amide bonds. The van der Waals surface area contributed by atoms with E-state index in [0.717, 1.165) is 49.9 Å². The van der Waals surface area contributed by atoms with Crippen LogP contribution in [0.4, 0.5) is 54.1 Å². The molecule has 1 heterocycles. The lowest BCUT2D eigenvalue weighted by Crippen LogP contribution is -2.21. The van der Waals surface area contributed by atoms with Crippen molar-refractivity contribution in [2.45, 2.75) is 38.5 Å². The van der Waals surface area contributed by atoms with Gasteiger partial charge in [-0.25, -0.2) is 14.8 Å². The van der Waals surface area contributed by atoms with Gasteiger partial charge in [0.1, 0.15) is 18.0 Å². The predicted molar refractivity (Wildman–Crippen MR) is 137 cm³/mol. The molecule has 3 aromatic rings. The normalized spacial score (nSPS) is 11.9. The third kappa shape index (κ3) is 9.43. The van der Waals surface area contributed by atoms with E-state index < -0.39 is 35.2 Å². The fraction of sp³-hybridized carbons (Fsp3) is 0.346. The number of hydrogen-bond acceptors (Lipinski definition) is 5. The van der Waals surface area contributed by atoms with Crippen molar-refractivity contribution < 1.29 is 31.1 Å². The molecule has 210 valence electrons. The minimum absolute atomic E-state index is 0.0225. The Morgan fingerprint density at radius 2 is 1.51 bits per heavy atom. The maximum absolute atomic E-state index is 13.1. The summed E-state index contributed by atoms with van der Waals surface area (Å²) in [5.41, 5.74) is -1.91. The van der Waals surface area contributed by atoms with Crippen LogP contribution in [-0.2, 0) is 18.8 Å². The zero-order valence-electron chi connectivity index (χ0n) is 21.2. The molecular formula is C26H28F6N6O. The number of urea groups is 1. The number of nitrogens with zero attached hydrogens (tertiary/aromatic N) is 3. The Labute approximate surface area is 221 Å². The maximum Gasteiger partial charge on any atom is 0.416 e. The third-order valence-corrected chi connectivity index (χ3v) is 5.56. The molecule has 0 atom stereocenters. The summed E-state index contributed by atoms with van der Waals surface area (Å²) in [6, 6.07) is 8.81. The number of carbonyl (C=O) groups is 1. The quantitative estimate of drug-likeness (QED) is 0.232. The number of hydrogen-bond donors (Lipinski definition) is 3. The second kappa shape index (κ2) is 12.8. The van der Waals surface area contributed by atoms with Crippen molar-refractivity contribution in [2.24, 2.45) is 0 Å². The van der Waals surface area contributed by atoms with E-state index in [1.165, 1.54) is 6.07 Å². The first-order valence-corrected chi connectivity index (χ1v) is 12.1. The Bertz CT molecular complexity index is 1230. The summed E-state index contributed by atoms with van der Waals surface area (Å²) in [6.45, 7) is 4.15. The van der Waals surface area contributed by atoms with Crippen LogP contribution in [0.5, 0.6) is 0 Å². The second-order valence-corrected chi connectivity index (χ2v) is 8.89. The molecule has 0 bridgehead atoms. The van der Waals surface area contributed by atoms with Crippen LogP contribution < -0.4 is 16.0 Å². The molecule has 0 aliphatic rings. The average Bonchev–Trinajstić information content (AvgIpc) is 2.83. The highest BCUT2D eigenvalue weighted by atomic mass is 19.4. The molecule has 39 heavy (non-hydrogen) atoms. The number of aromatic nitrogens is 2. The molecule has 2 aromatic carbocycles. The van der Waals surface area contributed by atoms with E-state index >= 15 is 0 Å². The van der Waals surface area contributed by atoms with Crippen LogP contribution in [0.2, 0.25) is 0 Å². The number of amides is 2. The summed E-state index contributed by atoms with van der Waals surface area (Å²) >= 11 is 0. The van der Waals surface area contributed by atoms with Gasteiger partial charge in [0.15, 0.2) is 0 Å². The Balaban J connectivity index is 1.65. The van der Waals surface area contributed by atoms with Crippen LogP contribution in [0.15, 0.2) is 54.9 Å². The first kappa shape index (κ1) is 29.7. The van der Waals surface area contributed by atoms with Gasteiger partial charge in [0.05, 0.1) is 11.1 Å². The Morgan fingerprint density at radius 1 is 0.846 bits per heavy atom. The molecule has 0 aliphatic heterocycles. The highest BCUT2D eigenvalue weighted by Crippen LogP contribution is 2.37. The van der Waals surface area contributed by atoms with Gasteiger partial charge in [0, 0.05) is 17.4 Å². The number of alkyl halides is 6. The third-order valence-electron chi connectivity index (χ3n) is 5.56. The minimum Gasteiger partial charge on any atom is -0.340 e. The number of aryl methyl sites for hydroxylation is 1. The minimum atomic E-state index is -5.04. The van der Waals surface area contributed by atoms with Gasteiger partial charge in [-0.15, -0.1) is 0 Å². The first-order chi connectivity index (χ1) is 18.3. The zero-order valence-corrected chi connectivity index (χ0v) is 21.2. The molecule has 0 aliphatic carbocycles. The van der Waals surface area contributed by atoms with Gasteiger partial charge in [-0.1, -0.05) is 19.1 Å². The molecule has 1 aromatic heterocycles. The standard InChI is InChI=1S/C26H28F6N6O/c1-3-9-38(2)10-5-7-17-6-4-8-20(11-17)35-22-15-23(34-16-33-22)37-24(39)36-21-13-18(25(27,28)29)12-19(14-21)26(30,31)32/h4,6,8,11-16H,3,5,7,9-10H2,1-2H3,(H3,33,34,35,36,37,39). The van der Waals surface area contributed by atoms with Gasteiger partial charge >= 0.3 is 18.4 Å². The SMILES string of the molecule is CCCN(C)CCCc1cccc(Nc2cc(NC(=O)Nc3cc(C(F)(F)F)cc(C(F)(F)F)c3)ncn2)c1. The summed E-state index contributed by atoms with van der Waals surface area (Å²) in [6.07, 6.45) is -5.96. The van der Waals surface area contributed by atoms with E-state index in [9.17, 15) is 31.1 Å². The Hall–Kier alpha value is -3.87. The number of rotatable bonds is 10. The first-order valence-electron chi connectivity index (χ1n) is 12.1. The molecule has 0 unspecified atom stereocenters. The van der Waals surface area contributed by atoms with Crippen LogP contribution in [0.25, 0.3) is 0 Å². The highest BCUT2D eigenvalue weighted by Gasteiger charge is 2.37. The van der Waals surface area contributed by atoms with Crippen molar-refractivity contribution in [2.75, 3.05) is 36.1 Å². The number of anilines is 4. The maximum atomic E-state index is 13.1. The van der Waals surface area contributed by atoms with Crippen molar-refractivity contribution in [1.82, 2.24) is 14.9 Å². The molecule has 0 spiro atoms. The molecule has 0 saturated heterocycles. The average molecular weight is 555 g/mol. The topological polar surface area (TPSA) is 82.2 Å². The molecule has 7 nitrogen and oxygen atoms in total. The van der Waals surface area contributed by atoms with Crippen LogP contribution in [0.3, 0.4) is 0 Å². The Morgan fingerprint density at radius 3 is 2.15 bits per heavy atom. The highest BCUT2D eigenvalue weighted by molar-refractivity contribution is 5.99. The molecule has 13 heteroatoms. The van der Waals surface area contributed by atoms with E-state index in [4.69, 9.17) is 0 Å². The second-order valence-electron chi connectivity index (χ2n) is 8.89. The van der Waals surface area contributed by atoms with Crippen molar-refractivity contribution in [3.63, 3.8) is 0 Å². The fourth-order valence-corrected chi connectivity index (χ4v) is 3.80. The van der Waals surface area contributed by atoms with Crippen LogP contribution in [-0.4, -0.2) is 41.0 Å². The van der Waals surface area contributed by atoms with Gasteiger partial charge in [-0.2, -0.15) is 26.3 Å². The van der Waals surface area contributed by atoms with Gasteiger partial charge in [0.2, 0.25) is 0 Å². The smallest absolute Gasteiger partial charge is 0.340 e. The monoisotopic (exact) mass is 554 g/mol. The molecule has 3 N–H and O–H groups in total. The van der Waals surface area contributed by atoms with Gasteiger partial charge in [-0.05, 0) is 75.3 Å². The van der Waals surface area contributed by atoms with E-state index in [1.807, 2.05) is 29.6 Å². The largest absolute Gasteiger partial charge is 0.416 e. The van der Waals surface area contributed by atoms with E-state index in [-0.39, 0.29) is 11.9 Å². The van der Waals surface area contributed by atoms with Gasteiger partial charge in [0.25, 0.3) is 0 Å². The summed E-state index contributed by atoms with van der Waals surface area (Å²) < 4.78 is 78.4.